The zero-order valence-corrected chi connectivity index (χ0v) is 15.4. The predicted octanol–water partition coefficient (Wildman–Crippen LogP) is 3.46. The number of benzene rings is 2. The second-order valence-electron chi connectivity index (χ2n) is 6.60. The fraction of sp³-hybridized carbons (Fsp3) is 0.429. The van der Waals surface area contributed by atoms with E-state index in [4.69, 9.17) is 9.47 Å². The van der Waals surface area contributed by atoms with Gasteiger partial charge in [-0.2, -0.15) is 0 Å². The summed E-state index contributed by atoms with van der Waals surface area (Å²) in [6.45, 7) is 6.51. The van der Waals surface area contributed by atoms with E-state index < -0.39 is 0 Å². The lowest BCUT2D eigenvalue weighted by Gasteiger charge is -2.39. The van der Waals surface area contributed by atoms with E-state index in [1.165, 1.54) is 5.56 Å². The molecule has 25 heavy (non-hydrogen) atoms. The smallest absolute Gasteiger partial charge is 0.145 e. The molecule has 2 aromatic carbocycles. The van der Waals surface area contributed by atoms with Gasteiger partial charge in [0, 0.05) is 38.3 Å². The quantitative estimate of drug-likeness (QED) is 0.804. The van der Waals surface area contributed by atoms with Crippen LogP contribution in [0.3, 0.4) is 0 Å². The summed E-state index contributed by atoms with van der Waals surface area (Å²) in [5.74, 6) is 1.71. The van der Waals surface area contributed by atoms with Crippen LogP contribution in [0.5, 0.6) is 11.5 Å². The minimum atomic E-state index is 0.558. The van der Waals surface area contributed by atoms with Gasteiger partial charge in [0.05, 0.1) is 19.9 Å². The molecule has 0 saturated carbocycles. The van der Waals surface area contributed by atoms with Crippen LogP contribution < -0.4 is 14.4 Å². The van der Waals surface area contributed by atoms with Gasteiger partial charge in [-0.25, -0.2) is 0 Å². The van der Waals surface area contributed by atoms with Gasteiger partial charge in [-0.1, -0.05) is 30.3 Å². The van der Waals surface area contributed by atoms with Crippen LogP contribution in [0.1, 0.15) is 12.5 Å². The Labute approximate surface area is 151 Å². The summed E-state index contributed by atoms with van der Waals surface area (Å²) in [4.78, 5) is 4.99. The third-order valence-electron chi connectivity index (χ3n) is 5.04. The second-order valence-corrected chi connectivity index (χ2v) is 6.60. The van der Waals surface area contributed by atoms with Gasteiger partial charge in [0.2, 0.25) is 0 Å². The first-order valence-electron chi connectivity index (χ1n) is 8.96. The van der Waals surface area contributed by atoms with Gasteiger partial charge in [-0.15, -0.1) is 0 Å². The molecule has 1 aliphatic rings. The van der Waals surface area contributed by atoms with Gasteiger partial charge < -0.3 is 14.4 Å². The van der Waals surface area contributed by atoms with Gasteiger partial charge in [-0.05, 0) is 31.0 Å². The molecule has 4 heteroatoms. The molecule has 1 aliphatic heterocycles. The highest BCUT2D eigenvalue weighted by Gasteiger charge is 2.23. The van der Waals surface area contributed by atoms with Crippen molar-refractivity contribution >= 4 is 5.69 Å². The van der Waals surface area contributed by atoms with Crippen LogP contribution in [0.2, 0.25) is 0 Å². The zero-order chi connectivity index (χ0) is 17.6. The van der Waals surface area contributed by atoms with Crippen LogP contribution in [0.25, 0.3) is 0 Å². The van der Waals surface area contributed by atoms with Crippen molar-refractivity contribution in [2.75, 3.05) is 45.3 Å². The van der Waals surface area contributed by atoms with Crippen molar-refractivity contribution < 1.29 is 9.47 Å². The molecular formula is C21H28N2O2. The first kappa shape index (κ1) is 17.6. The molecule has 1 saturated heterocycles. The van der Waals surface area contributed by atoms with Crippen molar-refractivity contribution in [3.05, 3.63) is 54.1 Å². The van der Waals surface area contributed by atoms with E-state index in [0.717, 1.165) is 49.8 Å². The lowest BCUT2D eigenvalue weighted by molar-refractivity contribution is 0.195. The number of piperazine rings is 1. The van der Waals surface area contributed by atoms with E-state index in [-0.39, 0.29) is 0 Å². The summed E-state index contributed by atoms with van der Waals surface area (Å²) >= 11 is 0. The molecule has 0 spiro atoms. The summed E-state index contributed by atoms with van der Waals surface area (Å²) in [7, 11) is 3.40. The summed E-state index contributed by atoms with van der Waals surface area (Å²) in [6, 6.07) is 17.4. The summed E-state index contributed by atoms with van der Waals surface area (Å²) < 4.78 is 10.9. The molecule has 2 aromatic rings. The summed E-state index contributed by atoms with van der Waals surface area (Å²) in [6.07, 6.45) is 1.10. The first-order valence-corrected chi connectivity index (χ1v) is 8.96. The van der Waals surface area contributed by atoms with Crippen molar-refractivity contribution in [3.8, 4) is 11.5 Å². The molecule has 1 atom stereocenters. The number of anilines is 1. The normalized spacial score (nSPS) is 16.5. The Hall–Kier alpha value is -2.20. The highest BCUT2D eigenvalue weighted by Crippen LogP contribution is 2.32. The molecule has 3 rings (SSSR count). The third-order valence-corrected chi connectivity index (χ3v) is 5.04. The van der Waals surface area contributed by atoms with Crippen LogP contribution in [0, 0.1) is 0 Å². The monoisotopic (exact) mass is 340 g/mol. The molecule has 0 bridgehead atoms. The first-order chi connectivity index (χ1) is 12.2. The number of hydrogen-bond donors (Lipinski definition) is 0. The number of hydrogen-bond acceptors (Lipinski definition) is 4. The number of methoxy groups -OCH3 is 2. The molecular weight excluding hydrogens is 312 g/mol. The second kappa shape index (κ2) is 8.26. The largest absolute Gasteiger partial charge is 0.497 e. The summed E-state index contributed by atoms with van der Waals surface area (Å²) in [5, 5.41) is 0. The minimum absolute atomic E-state index is 0.558. The van der Waals surface area contributed by atoms with Gasteiger partial charge in [0.25, 0.3) is 0 Å². The van der Waals surface area contributed by atoms with Crippen molar-refractivity contribution in [1.29, 1.82) is 0 Å². The number of rotatable bonds is 6. The Morgan fingerprint density at radius 1 is 0.920 bits per heavy atom. The lowest BCUT2D eigenvalue weighted by atomic mass is 10.1. The molecule has 1 fully saturated rings. The molecule has 0 amide bonds. The van der Waals surface area contributed by atoms with E-state index in [0.29, 0.717) is 6.04 Å². The Morgan fingerprint density at radius 2 is 1.64 bits per heavy atom. The molecule has 1 heterocycles. The Bertz CT molecular complexity index is 667. The van der Waals surface area contributed by atoms with Gasteiger partial charge in [-0.3, -0.25) is 4.90 Å². The van der Waals surface area contributed by atoms with E-state index in [9.17, 15) is 0 Å². The minimum Gasteiger partial charge on any atom is -0.497 e. The lowest BCUT2D eigenvalue weighted by Crippen LogP contribution is -2.50. The Morgan fingerprint density at radius 3 is 2.28 bits per heavy atom. The topological polar surface area (TPSA) is 24.9 Å². The third kappa shape index (κ3) is 4.26. The van der Waals surface area contributed by atoms with Crippen molar-refractivity contribution in [3.63, 3.8) is 0 Å². The molecule has 1 unspecified atom stereocenters. The Balaban J connectivity index is 1.60. The fourth-order valence-electron chi connectivity index (χ4n) is 3.53. The van der Waals surface area contributed by atoms with Gasteiger partial charge in [0.15, 0.2) is 0 Å². The molecule has 0 aromatic heterocycles. The molecule has 0 aliphatic carbocycles. The molecule has 134 valence electrons. The van der Waals surface area contributed by atoms with Crippen molar-refractivity contribution in [2.24, 2.45) is 0 Å². The summed E-state index contributed by atoms with van der Waals surface area (Å²) in [5.41, 5.74) is 2.56. The maximum atomic E-state index is 5.56. The number of nitrogens with zero attached hydrogens (tertiary/aromatic N) is 2. The van der Waals surface area contributed by atoms with Crippen LogP contribution in [0.4, 0.5) is 5.69 Å². The van der Waals surface area contributed by atoms with E-state index in [2.05, 4.69) is 53.1 Å². The molecule has 0 radical (unpaired) electrons. The maximum absolute atomic E-state index is 5.56. The van der Waals surface area contributed by atoms with E-state index >= 15 is 0 Å². The zero-order valence-electron chi connectivity index (χ0n) is 15.4. The van der Waals surface area contributed by atoms with Crippen molar-refractivity contribution in [1.82, 2.24) is 4.90 Å². The van der Waals surface area contributed by atoms with Crippen LogP contribution in [-0.2, 0) is 6.42 Å². The average Bonchev–Trinajstić information content (AvgIpc) is 2.68. The van der Waals surface area contributed by atoms with Crippen molar-refractivity contribution in [2.45, 2.75) is 19.4 Å². The Kier molecular flexibility index (Phi) is 5.82. The standard InChI is InChI=1S/C21H28N2O2/c1-17(15-18-7-5-4-6-8-18)22-11-13-23(14-12-22)20-10-9-19(24-2)16-21(20)25-3/h4-10,16-17H,11-15H2,1-3H3. The predicted molar refractivity (Wildman–Crippen MR) is 103 cm³/mol. The SMILES string of the molecule is COc1ccc(N2CCN(C(C)Cc3ccccc3)CC2)c(OC)c1. The van der Waals surface area contributed by atoms with Crippen LogP contribution in [0.15, 0.2) is 48.5 Å². The average molecular weight is 340 g/mol. The van der Waals surface area contributed by atoms with E-state index in [1.807, 2.05) is 12.1 Å². The maximum Gasteiger partial charge on any atom is 0.145 e. The van der Waals surface area contributed by atoms with Gasteiger partial charge in [0.1, 0.15) is 11.5 Å². The van der Waals surface area contributed by atoms with Crippen LogP contribution in [-0.4, -0.2) is 51.3 Å². The molecule has 4 nitrogen and oxygen atoms in total. The highest BCUT2D eigenvalue weighted by molar-refractivity contribution is 5.61. The van der Waals surface area contributed by atoms with Crippen LogP contribution >= 0.6 is 0 Å². The molecule has 0 N–H and O–H groups in total. The van der Waals surface area contributed by atoms with E-state index in [1.54, 1.807) is 14.2 Å². The fourth-order valence-corrected chi connectivity index (χ4v) is 3.53. The highest BCUT2D eigenvalue weighted by atomic mass is 16.5. The number of ether oxygens (including phenoxy) is 2. The van der Waals surface area contributed by atoms with Gasteiger partial charge >= 0.3 is 0 Å².